The van der Waals surface area contributed by atoms with Crippen LogP contribution in [0.25, 0.3) is 0 Å². The van der Waals surface area contributed by atoms with E-state index in [0.717, 1.165) is 19.4 Å². The van der Waals surface area contributed by atoms with E-state index < -0.39 is 0 Å². The first kappa shape index (κ1) is 21.2. The smallest absolute Gasteiger partial charge is 0.231 e. The number of aromatic nitrogens is 3. The van der Waals surface area contributed by atoms with Gasteiger partial charge >= 0.3 is 0 Å². The second-order valence-corrected chi connectivity index (χ2v) is 6.98. The zero-order valence-electron chi connectivity index (χ0n) is 17.0. The van der Waals surface area contributed by atoms with E-state index in [1.165, 1.54) is 5.56 Å². The average molecular weight is 402 g/mol. The third-order valence-electron chi connectivity index (χ3n) is 4.30. The van der Waals surface area contributed by atoms with Gasteiger partial charge in [0.05, 0.1) is 26.4 Å². The molecule has 0 amide bonds. The minimum Gasteiger partial charge on any atom is -0.378 e. The number of rotatable bonds is 14. The standard InChI is InChI=1S/C20H31N7O2/c1-27(15-16-5-3-2-4-6-16)20-25-18(24-19(26-20)23-17-7-8-17)22-10-12-29-14-13-28-11-9-21/h2-6,17H,7-15,21H2,1H3,(H2,22,23,24,25,26). The SMILES string of the molecule is CN(Cc1ccccc1)c1nc(NCCOCCOCCN)nc(NC2CC2)n1. The van der Waals surface area contributed by atoms with Crippen molar-refractivity contribution in [3.63, 3.8) is 0 Å². The normalized spacial score (nSPS) is 13.3. The van der Waals surface area contributed by atoms with Crippen molar-refractivity contribution >= 4 is 17.8 Å². The molecule has 1 aliphatic carbocycles. The van der Waals surface area contributed by atoms with Crippen LogP contribution in [0.5, 0.6) is 0 Å². The largest absolute Gasteiger partial charge is 0.378 e. The van der Waals surface area contributed by atoms with Crippen LogP contribution in [0.4, 0.5) is 17.8 Å². The van der Waals surface area contributed by atoms with Crippen LogP contribution >= 0.6 is 0 Å². The Morgan fingerprint density at radius 3 is 2.45 bits per heavy atom. The Labute approximate surface area is 172 Å². The lowest BCUT2D eigenvalue weighted by Crippen LogP contribution is -2.22. The highest BCUT2D eigenvalue weighted by Gasteiger charge is 2.23. The monoisotopic (exact) mass is 401 g/mol. The van der Waals surface area contributed by atoms with Crippen molar-refractivity contribution in [1.82, 2.24) is 15.0 Å². The maximum Gasteiger partial charge on any atom is 0.231 e. The predicted molar refractivity (Wildman–Crippen MR) is 114 cm³/mol. The zero-order chi connectivity index (χ0) is 20.3. The van der Waals surface area contributed by atoms with Gasteiger partial charge in [-0.05, 0) is 18.4 Å². The van der Waals surface area contributed by atoms with Gasteiger partial charge in [0.1, 0.15) is 0 Å². The van der Waals surface area contributed by atoms with E-state index in [-0.39, 0.29) is 0 Å². The van der Waals surface area contributed by atoms with Gasteiger partial charge in [-0.25, -0.2) is 0 Å². The maximum atomic E-state index is 5.54. The molecule has 1 aliphatic rings. The van der Waals surface area contributed by atoms with E-state index in [4.69, 9.17) is 15.2 Å². The van der Waals surface area contributed by atoms with E-state index >= 15 is 0 Å². The molecule has 29 heavy (non-hydrogen) atoms. The molecule has 4 N–H and O–H groups in total. The first-order valence-electron chi connectivity index (χ1n) is 10.1. The fourth-order valence-corrected chi connectivity index (χ4v) is 2.66. The summed E-state index contributed by atoms with van der Waals surface area (Å²) in [6.07, 6.45) is 2.31. The fourth-order valence-electron chi connectivity index (χ4n) is 2.66. The van der Waals surface area contributed by atoms with Crippen molar-refractivity contribution in [2.45, 2.75) is 25.4 Å². The first-order valence-corrected chi connectivity index (χ1v) is 10.1. The van der Waals surface area contributed by atoms with Crippen LogP contribution in [0, 0.1) is 0 Å². The third-order valence-corrected chi connectivity index (χ3v) is 4.30. The van der Waals surface area contributed by atoms with Crippen LogP contribution in [0.15, 0.2) is 30.3 Å². The fraction of sp³-hybridized carbons (Fsp3) is 0.550. The van der Waals surface area contributed by atoms with E-state index in [0.29, 0.717) is 63.4 Å². The number of nitrogens with zero attached hydrogens (tertiary/aromatic N) is 4. The third kappa shape index (κ3) is 7.80. The summed E-state index contributed by atoms with van der Waals surface area (Å²) in [5, 5.41) is 6.58. The Bertz CT molecular complexity index is 728. The van der Waals surface area contributed by atoms with Gasteiger partial charge in [-0.2, -0.15) is 15.0 Å². The number of hydrogen-bond acceptors (Lipinski definition) is 9. The van der Waals surface area contributed by atoms with Crippen molar-refractivity contribution in [3.05, 3.63) is 35.9 Å². The topological polar surface area (TPSA) is 110 Å². The number of benzene rings is 1. The van der Waals surface area contributed by atoms with Crippen LogP contribution in [0.1, 0.15) is 18.4 Å². The van der Waals surface area contributed by atoms with Crippen molar-refractivity contribution in [2.75, 3.05) is 62.1 Å². The molecule has 0 aliphatic heterocycles. The molecule has 1 aromatic heterocycles. The molecule has 2 aromatic rings. The summed E-state index contributed by atoms with van der Waals surface area (Å²) in [6, 6.07) is 10.7. The molecule has 1 heterocycles. The number of ether oxygens (including phenoxy) is 2. The van der Waals surface area contributed by atoms with Crippen molar-refractivity contribution in [3.8, 4) is 0 Å². The lowest BCUT2D eigenvalue weighted by molar-refractivity contribution is 0.0547. The Morgan fingerprint density at radius 1 is 1.00 bits per heavy atom. The summed E-state index contributed by atoms with van der Waals surface area (Å²) >= 11 is 0. The lowest BCUT2D eigenvalue weighted by atomic mass is 10.2. The van der Waals surface area contributed by atoms with Crippen molar-refractivity contribution < 1.29 is 9.47 Å². The summed E-state index contributed by atoms with van der Waals surface area (Å²) in [5.41, 5.74) is 6.58. The molecule has 0 bridgehead atoms. The molecule has 0 radical (unpaired) electrons. The molecular weight excluding hydrogens is 370 g/mol. The second-order valence-electron chi connectivity index (χ2n) is 6.98. The van der Waals surface area contributed by atoms with Crippen LogP contribution < -0.4 is 21.3 Å². The Morgan fingerprint density at radius 2 is 1.72 bits per heavy atom. The molecule has 0 atom stereocenters. The molecule has 1 fully saturated rings. The highest BCUT2D eigenvalue weighted by molar-refractivity contribution is 5.44. The van der Waals surface area contributed by atoms with Gasteiger partial charge in [0, 0.05) is 32.7 Å². The zero-order valence-corrected chi connectivity index (χ0v) is 17.0. The average Bonchev–Trinajstić information content (AvgIpc) is 3.54. The molecule has 1 aromatic carbocycles. The summed E-state index contributed by atoms with van der Waals surface area (Å²) in [4.78, 5) is 15.7. The lowest BCUT2D eigenvalue weighted by Gasteiger charge is -2.19. The van der Waals surface area contributed by atoms with Gasteiger partial charge in [0.2, 0.25) is 17.8 Å². The van der Waals surface area contributed by atoms with Gasteiger partial charge in [-0.15, -0.1) is 0 Å². The van der Waals surface area contributed by atoms with Gasteiger partial charge < -0.3 is 30.7 Å². The van der Waals surface area contributed by atoms with Crippen LogP contribution in [0.2, 0.25) is 0 Å². The summed E-state index contributed by atoms with van der Waals surface area (Å²) in [6.45, 7) is 4.04. The highest BCUT2D eigenvalue weighted by Crippen LogP contribution is 2.24. The van der Waals surface area contributed by atoms with E-state index in [9.17, 15) is 0 Å². The summed E-state index contributed by atoms with van der Waals surface area (Å²) in [5.74, 6) is 1.78. The predicted octanol–water partition coefficient (Wildman–Crippen LogP) is 1.49. The van der Waals surface area contributed by atoms with E-state index in [1.807, 2.05) is 30.1 Å². The van der Waals surface area contributed by atoms with Crippen molar-refractivity contribution in [1.29, 1.82) is 0 Å². The van der Waals surface area contributed by atoms with E-state index in [1.54, 1.807) is 0 Å². The molecule has 3 rings (SSSR count). The molecule has 0 unspecified atom stereocenters. The summed E-state index contributed by atoms with van der Waals surface area (Å²) in [7, 11) is 1.98. The minimum atomic E-state index is 0.467. The first-order chi connectivity index (χ1) is 14.2. The van der Waals surface area contributed by atoms with Crippen LogP contribution in [0.3, 0.4) is 0 Å². The quantitative estimate of drug-likeness (QED) is 0.405. The molecule has 0 saturated heterocycles. The second kappa shape index (κ2) is 11.5. The van der Waals surface area contributed by atoms with Crippen molar-refractivity contribution in [2.24, 2.45) is 5.73 Å². The highest BCUT2D eigenvalue weighted by atomic mass is 16.5. The minimum absolute atomic E-state index is 0.467. The number of anilines is 3. The molecule has 1 saturated carbocycles. The Hall–Kier alpha value is -2.49. The molecule has 158 valence electrons. The van der Waals surface area contributed by atoms with Gasteiger partial charge in [0.25, 0.3) is 0 Å². The molecule has 9 heteroatoms. The molecular formula is C20H31N7O2. The van der Waals surface area contributed by atoms with Gasteiger partial charge in [0.15, 0.2) is 0 Å². The van der Waals surface area contributed by atoms with Crippen LogP contribution in [-0.4, -0.2) is 67.6 Å². The Balaban J connectivity index is 1.54. The maximum absolute atomic E-state index is 5.54. The molecule has 0 spiro atoms. The van der Waals surface area contributed by atoms with E-state index in [2.05, 4.69) is 37.7 Å². The number of nitrogens with one attached hydrogen (secondary N) is 2. The number of hydrogen-bond donors (Lipinski definition) is 3. The van der Waals surface area contributed by atoms with Crippen LogP contribution in [-0.2, 0) is 16.0 Å². The van der Waals surface area contributed by atoms with Gasteiger partial charge in [-0.1, -0.05) is 30.3 Å². The number of nitrogens with two attached hydrogens (primary N) is 1. The molecule has 9 nitrogen and oxygen atoms in total. The van der Waals surface area contributed by atoms with Gasteiger partial charge in [-0.3, -0.25) is 0 Å². The summed E-state index contributed by atoms with van der Waals surface area (Å²) < 4.78 is 10.8. The Kier molecular flexibility index (Phi) is 8.41.